The molecule has 0 aromatic heterocycles. The van der Waals surface area contributed by atoms with E-state index < -0.39 is 6.04 Å². The highest BCUT2D eigenvalue weighted by molar-refractivity contribution is 7.80. The Kier molecular flexibility index (Phi) is 9.65. The van der Waals surface area contributed by atoms with Crippen LogP contribution in [0.2, 0.25) is 0 Å². The van der Waals surface area contributed by atoms with Gasteiger partial charge in [-0.25, -0.2) is 0 Å². The number of aliphatic imine (C=N–C) groups is 1. The van der Waals surface area contributed by atoms with Crippen molar-refractivity contribution in [2.75, 3.05) is 32.9 Å². The SMILES string of the molecule is CN=C(NC)NCCCC(N)C(=O)NCCS. The van der Waals surface area contributed by atoms with Crippen LogP contribution in [0, 0.1) is 0 Å². The van der Waals surface area contributed by atoms with E-state index in [-0.39, 0.29) is 5.91 Å². The smallest absolute Gasteiger partial charge is 0.236 e. The maximum atomic E-state index is 11.4. The van der Waals surface area contributed by atoms with Crippen LogP contribution >= 0.6 is 12.6 Å². The minimum atomic E-state index is -0.451. The van der Waals surface area contributed by atoms with E-state index in [1.807, 2.05) is 0 Å². The molecule has 6 nitrogen and oxygen atoms in total. The minimum Gasteiger partial charge on any atom is -0.359 e. The van der Waals surface area contributed by atoms with E-state index in [0.717, 1.165) is 18.9 Å². The van der Waals surface area contributed by atoms with E-state index >= 15 is 0 Å². The van der Waals surface area contributed by atoms with Gasteiger partial charge < -0.3 is 21.7 Å². The van der Waals surface area contributed by atoms with E-state index in [1.165, 1.54) is 0 Å². The molecule has 0 fully saturated rings. The quantitative estimate of drug-likeness (QED) is 0.175. The lowest BCUT2D eigenvalue weighted by Gasteiger charge is -2.12. The molecule has 17 heavy (non-hydrogen) atoms. The van der Waals surface area contributed by atoms with Gasteiger partial charge in [0.2, 0.25) is 5.91 Å². The standard InChI is InChI=1S/C10H23N5OS/c1-12-10(13-2)15-5-3-4-8(11)9(16)14-6-7-17/h8,17H,3-7,11H2,1-2H3,(H,14,16)(H2,12,13,15). The van der Waals surface area contributed by atoms with Crippen LogP contribution in [0.25, 0.3) is 0 Å². The number of guanidine groups is 1. The Morgan fingerprint density at radius 2 is 2.12 bits per heavy atom. The first-order valence-corrected chi connectivity index (χ1v) is 6.31. The maximum absolute atomic E-state index is 11.4. The third-order valence-corrected chi connectivity index (χ3v) is 2.42. The molecule has 0 rings (SSSR count). The van der Waals surface area contributed by atoms with E-state index in [1.54, 1.807) is 14.1 Å². The zero-order chi connectivity index (χ0) is 13.1. The third kappa shape index (κ3) is 7.87. The number of carbonyl (C=O) groups is 1. The van der Waals surface area contributed by atoms with Crippen molar-refractivity contribution in [2.45, 2.75) is 18.9 Å². The second-order valence-corrected chi connectivity index (χ2v) is 3.96. The lowest BCUT2D eigenvalue weighted by molar-refractivity contribution is -0.122. The van der Waals surface area contributed by atoms with Gasteiger partial charge in [0, 0.05) is 32.9 Å². The number of hydrogen-bond acceptors (Lipinski definition) is 4. The van der Waals surface area contributed by atoms with Crippen LogP contribution in [0.5, 0.6) is 0 Å². The van der Waals surface area contributed by atoms with Crippen molar-refractivity contribution >= 4 is 24.5 Å². The van der Waals surface area contributed by atoms with Crippen molar-refractivity contribution in [2.24, 2.45) is 10.7 Å². The first-order chi connectivity index (χ1) is 8.15. The summed E-state index contributed by atoms with van der Waals surface area (Å²) in [6.45, 7) is 1.29. The van der Waals surface area contributed by atoms with E-state index in [4.69, 9.17) is 5.73 Å². The summed E-state index contributed by atoms with van der Waals surface area (Å²) in [5.74, 6) is 1.24. The maximum Gasteiger partial charge on any atom is 0.236 e. The number of nitrogens with two attached hydrogens (primary N) is 1. The Morgan fingerprint density at radius 3 is 2.65 bits per heavy atom. The molecule has 0 heterocycles. The average Bonchev–Trinajstić information content (AvgIpc) is 2.35. The van der Waals surface area contributed by atoms with Gasteiger partial charge in [0.15, 0.2) is 5.96 Å². The number of carbonyl (C=O) groups excluding carboxylic acids is 1. The van der Waals surface area contributed by atoms with Gasteiger partial charge in [0.25, 0.3) is 0 Å². The van der Waals surface area contributed by atoms with E-state index in [2.05, 4.69) is 33.6 Å². The van der Waals surface area contributed by atoms with E-state index in [0.29, 0.717) is 18.7 Å². The molecule has 0 bridgehead atoms. The second-order valence-electron chi connectivity index (χ2n) is 3.51. The van der Waals surface area contributed by atoms with Crippen LogP contribution in [0.3, 0.4) is 0 Å². The zero-order valence-corrected chi connectivity index (χ0v) is 11.4. The number of amides is 1. The number of rotatable bonds is 7. The molecule has 0 aliphatic carbocycles. The normalized spacial score (nSPS) is 13.1. The summed E-state index contributed by atoms with van der Waals surface area (Å²) in [5, 5.41) is 8.71. The number of nitrogens with one attached hydrogen (secondary N) is 3. The molecule has 0 spiro atoms. The molecule has 5 N–H and O–H groups in total. The summed E-state index contributed by atoms with van der Waals surface area (Å²) in [6.07, 6.45) is 1.46. The molecule has 1 amide bonds. The fourth-order valence-electron chi connectivity index (χ4n) is 1.25. The summed E-state index contributed by atoms with van der Waals surface area (Å²) in [5.41, 5.74) is 5.73. The summed E-state index contributed by atoms with van der Waals surface area (Å²) < 4.78 is 0. The molecule has 0 aliphatic rings. The van der Waals surface area contributed by atoms with Gasteiger partial charge in [-0.15, -0.1) is 0 Å². The molecule has 0 aromatic carbocycles. The largest absolute Gasteiger partial charge is 0.359 e. The van der Waals surface area contributed by atoms with Gasteiger partial charge in [-0.2, -0.15) is 12.6 Å². The number of nitrogens with zero attached hydrogens (tertiary/aromatic N) is 1. The van der Waals surface area contributed by atoms with Crippen molar-refractivity contribution in [1.29, 1.82) is 0 Å². The van der Waals surface area contributed by atoms with Gasteiger partial charge in [-0.05, 0) is 12.8 Å². The topological polar surface area (TPSA) is 91.5 Å². The summed E-state index contributed by atoms with van der Waals surface area (Å²) in [6, 6.07) is -0.451. The van der Waals surface area contributed by atoms with Gasteiger partial charge >= 0.3 is 0 Å². The highest BCUT2D eigenvalue weighted by Gasteiger charge is 2.11. The molecule has 100 valence electrons. The molecule has 0 radical (unpaired) electrons. The van der Waals surface area contributed by atoms with Crippen LogP contribution in [-0.2, 0) is 4.79 Å². The van der Waals surface area contributed by atoms with Gasteiger partial charge in [0.1, 0.15) is 0 Å². The summed E-state index contributed by atoms with van der Waals surface area (Å²) in [7, 11) is 3.50. The molecule has 0 aliphatic heterocycles. The minimum absolute atomic E-state index is 0.114. The lowest BCUT2D eigenvalue weighted by atomic mass is 10.1. The fourth-order valence-corrected chi connectivity index (χ4v) is 1.36. The van der Waals surface area contributed by atoms with Crippen molar-refractivity contribution in [3.8, 4) is 0 Å². The predicted octanol–water partition coefficient (Wildman–Crippen LogP) is -1.07. The average molecular weight is 261 g/mol. The first-order valence-electron chi connectivity index (χ1n) is 5.68. The van der Waals surface area contributed by atoms with Crippen LogP contribution < -0.4 is 21.7 Å². The molecule has 0 aromatic rings. The number of thiol groups is 1. The van der Waals surface area contributed by atoms with Crippen LogP contribution in [0.4, 0.5) is 0 Å². The summed E-state index contributed by atoms with van der Waals surface area (Å²) in [4.78, 5) is 15.4. The lowest BCUT2D eigenvalue weighted by Crippen LogP contribution is -2.42. The molecule has 1 atom stereocenters. The van der Waals surface area contributed by atoms with Crippen molar-refractivity contribution in [3.63, 3.8) is 0 Å². The summed E-state index contributed by atoms with van der Waals surface area (Å²) >= 11 is 4.01. The predicted molar refractivity (Wildman–Crippen MR) is 74.5 cm³/mol. The molecule has 1 unspecified atom stereocenters. The molecular weight excluding hydrogens is 238 g/mol. The Hall–Kier alpha value is -0.950. The van der Waals surface area contributed by atoms with Crippen molar-refractivity contribution < 1.29 is 4.79 Å². The highest BCUT2D eigenvalue weighted by atomic mass is 32.1. The zero-order valence-electron chi connectivity index (χ0n) is 10.5. The van der Waals surface area contributed by atoms with Crippen LogP contribution in [0.1, 0.15) is 12.8 Å². The molecule has 0 saturated heterocycles. The van der Waals surface area contributed by atoms with Gasteiger partial charge in [-0.3, -0.25) is 9.79 Å². The Bertz CT molecular complexity index is 247. The van der Waals surface area contributed by atoms with Crippen molar-refractivity contribution in [1.82, 2.24) is 16.0 Å². The van der Waals surface area contributed by atoms with Gasteiger partial charge in [0.05, 0.1) is 6.04 Å². The van der Waals surface area contributed by atoms with Gasteiger partial charge in [-0.1, -0.05) is 0 Å². The Balaban J connectivity index is 3.63. The van der Waals surface area contributed by atoms with Crippen LogP contribution in [0.15, 0.2) is 4.99 Å². The Labute approximate surface area is 108 Å². The first kappa shape index (κ1) is 16.1. The molecule has 0 saturated carbocycles. The third-order valence-electron chi connectivity index (χ3n) is 2.19. The molecule has 7 heteroatoms. The van der Waals surface area contributed by atoms with Crippen LogP contribution in [-0.4, -0.2) is 50.8 Å². The highest BCUT2D eigenvalue weighted by Crippen LogP contribution is 1.93. The number of hydrogen-bond donors (Lipinski definition) is 5. The van der Waals surface area contributed by atoms with E-state index in [9.17, 15) is 4.79 Å². The monoisotopic (exact) mass is 261 g/mol. The second kappa shape index (κ2) is 10.2. The Morgan fingerprint density at radius 1 is 1.41 bits per heavy atom. The molecular formula is C10H23N5OS. The van der Waals surface area contributed by atoms with Crippen molar-refractivity contribution in [3.05, 3.63) is 0 Å². The fraction of sp³-hybridized carbons (Fsp3) is 0.800.